The normalized spacial score (nSPS) is 11.8. The summed E-state index contributed by atoms with van der Waals surface area (Å²) in [5.74, 6) is -1.27. The Balaban J connectivity index is 2.92. The second-order valence-electron chi connectivity index (χ2n) is 5.27. The summed E-state index contributed by atoms with van der Waals surface area (Å²) in [4.78, 5) is 12.3. The number of hydrogen-bond acceptors (Lipinski definition) is 3. The highest BCUT2D eigenvalue weighted by molar-refractivity contribution is 7.80. The standard InChI is InChI=1S/C14H15F3N4OS/c1-6-5-9(11(18)23)7(2)8(3)10(6)21-12(14(15,16)17)19-20(4)13(21)22/h5H,1-4H3,(H2,18,23). The number of aryl methyl sites for hydroxylation is 2. The molecule has 0 bridgehead atoms. The maximum absolute atomic E-state index is 13.2. The quantitative estimate of drug-likeness (QED) is 0.848. The van der Waals surface area contributed by atoms with E-state index in [2.05, 4.69) is 5.10 Å². The number of hydrogen-bond donors (Lipinski definition) is 1. The van der Waals surface area contributed by atoms with Crippen LogP contribution in [0.15, 0.2) is 10.9 Å². The summed E-state index contributed by atoms with van der Waals surface area (Å²) < 4.78 is 40.9. The summed E-state index contributed by atoms with van der Waals surface area (Å²) in [6.07, 6.45) is -4.75. The average Bonchev–Trinajstić information content (AvgIpc) is 2.71. The van der Waals surface area contributed by atoms with Gasteiger partial charge in [-0.15, -0.1) is 5.10 Å². The van der Waals surface area contributed by atoms with Gasteiger partial charge in [-0.3, -0.25) is 0 Å². The number of benzene rings is 1. The van der Waals surface area contributed by atoms with Crippen LogP contribution in [0.25, 0.3) is 5.69 Å². The molecule has 124 valence electrons. The molecule has 0 aliphatic carbocycles. The van der Waals surface area contributed by atoms with Crippen LogP contribution in [0.1, 0.15) is 28.1 Å². The number of aromatic nitrogens is 3. The highest BCUT2D eigenvalue weighted by Gasteiger charge is 2.39. The summed E-state index contributed by atoms with van der Waals surface area (Å²) in [6, 6.07) is 1.58. The fraction of sp³-hybridized carbons (Fsp3) is 0.357. The van der Waals surface area contributed by atoms with E-state index in [4.69, 9.17) is 18.0 Å². The van der Waals surface area contributed by atoms with Crippen LogP contribution >= 0.6 is 12.2 Å². The molecule has 0 aliphatic heterocycles. The molecule has 0 atom stereocenters. The third-order valence-corrected chi connectivity index (χ3v) is 3.94. The Labute approximate surface area is 135 Å². The van der Waals surface area contributed by atoms with E-state index in [1.54, 1.807) is 26.8 Å². The lowest BCUT2D eigenvalue weighted by atomic mass is 9.97. The van der Waals surface area contributed by atoms with Crippen LogP contribution < -0.4 is 11.4 Å². The van der Waals surface area contributed by atoms with Crippen molar-refractivity contribution >= 4 is 17.2 Å². The van der Waals surface area contributed by atoms with Crippen molar-refractivity contribution in [3.63, 3.8) is 0 Å². The average molecular weight is 344 g/mol. The zero-order chi connectivity index (χ0) is 17.7. The van der Waals surface area contributed by atoms with Crippen LogP contribution in [0, 0.1) is 20.8 Å². The van der Waals surface area contributed by atoms with Crippen molar-refractivity contribution in [3.8, 4) is 5.69 Å². The van der Waals surface area contributed by atoms with E-state index in [-0.39, 0.29) is 10.7 Å². The maximum Gasteiger partial charge on any atom is 0.452 e. The smallest absolute Gasteiger partial charge is 0.389 e. The monoisotopic (exact) mass is 344 g/mol. The lowest BCUT2D eigenvalue weighted by Gasteiger charge is -2.18. The summed E-state index contributed by atoms with van der Waals surface area (Å²) in [7, 11) is 1.18. The molecule has 0 fully saturated rings. The number of alkyl halides is 3. The van der Waals surface area contributed by atoms with E-state index < -0.39 is 17.7 Å². The van der Waals surface area contributed by atoms with Crippen LogP contribution in [-0.2, 0) is 13.2 Å². The van der Waals surface area contributed by atoms with E-state index in [9.17, 15) is 18.0 Å². The first-order valence-electron chi connectivity index (χ1n) is 6.61. The van der Waals surface area contributed by atoms with Crippen molar-refractivity contribution in [2.45, 2.75) is 26.9 Å². The molecular formula is C14H15F3N4OS. The van der Waals surface area contributed by atoms with Crippen molar-refractivity contribution in [1.82, 2.24) is 14.3 Å². The van der Waals surface area contributed by atoms with Gasteiger partial charge < -0.3 is 5.73 Å². The van der Waals surface area contributed by atoms with Crippen molar-refractivity contribution in [1.29, 1.82) is 0 Å². The van der Waals surface area contributed by atoms with Gasteiger partial charge in [0, 0.05) is 12.6 Å². The molecule has 1 aromatic heterocycles. The molecule has 1 heterocycles. The first-order valence-corrected chi connectivity index (χ1v) is 7.01. The zero-order valence-corrected chi connectivity index (χ0v) is 13.8. The summed E-state index contributed by atoms with van der Waals surface area (Å²) in [6.45, 7) is 4.92. The lowest BCUT2D eigenvalue weighted by Crippen LogP contribution is -2.26. The molecule has 1 aromatic carbocycles. The minimum Gasteiger partial charge on any atom is -0.389 e. The molecule has 0 spiro atoms. The van der Waals surface area contributed by atoms with Gasteiger partial charge in [0.15, 0.2) is 0 Å². The molecule has 0 amide bonds. The topological polar surface area (TPSA) is 65.8 Å². The predicted molar refractivity (Wildman–Crippen MR) is 83.9 cm³/mol. The molecular weight excluding hydrogens is 329 g/mol. The number of nitrogens with two attached hydrogens (primary N) is 1. The largest absolute Gasteiger partial charge is 0.452 e. The Morgan fingerprint density at radius 2 is 1.83 bits per heavy atom. The molecule has 0 aliphatic rings. The van der Waals surface area contributed by atoms with Crippen molar-refractivity contribution in [2.24, 2.45) is 12.8 Å². The number of rotatable bonds is 2. The van der Waals surface area contributed by atoms with E-state index in [1.165, 1.54) is 7.05 Å². The lowest BCUT2D eigenvalue weighted by molar-refractivity contribution is -0.146. The fourth-order valence-electron chi connectivity index (χ4n) is 2.52. The van der Waals surface area contributed by atoms with Crippen molar-refractivity contribution < 1.29 is 13.2 Å². The maximum atomic E-state index is 13.2. The number of thiocarbonyl (C=S) groups is 1. The third-order valence-electron chi connectivity index (χ3n) is 3.72. The van der Waals surface area contributed by atoms with Gasteiger partial charge >= 0.3 is 11.9 Å². The molecule has 0 saturated carbocycles. The molecule has 2 aromatic rings. The van der Waals surface area contributed by atoms with Gasteiger partial charge in [-0.2, -0.15) is 13.2 Å². The van der Waals surface area contributed by atoms with E-state index in [0.29, 0.717) is 31.5 Å². The molecule has 2 rings (SSSR count). The van der Waals surface area contributed by atoms with Gasteiger partial charge in [0.2, 0.25) is 5.82 Å². The van der Waals surface area contributed by atoms with Gasteiger partial charge in [-0.1, -0.05) is 12.2 Å². The van der Waals surface area contributed by atoms with Crippen LogP contribution in [0.4, 0.5) is 13.2 Å². The molecule has 2 N–H and O–H groups in total. The van der Waals surface area contributed by atoms with Gasteiger partial charge in [0.05, 0.1) is 5.69 Å². The summed E-state index contributed by atoms with van der Waals surface area (Å²) in [5, 5.41) is 3.32. The summed E-state index contributed by atoms with van der Waals surface area (Å²) >= 11 is 4.96. The van der Waals surface area contributed by atoms with Crippen LogP contribution in [0.2, 0.25) is 0 Å². The van der Waals surface area contributed by atoms with Crippen molar-refractivity contribution in [3.05, 3.63) is 44.6 Å². The molecule has 0 radical (unpaired) electrons. The van der Waals surface area contributed by atoms with Crippen LogP contribution in [-0.4, -0.2) is 19.3 Å². The Kier molecular flexibility index (Phi) is 4.10. The van der Waals surface area contributed by atoms with Gasteiger partial charge in [0.1, 0.15) is 4.99 Å². The second-order valence-corrected chi connectivity index (χ2v) is 5.71. The van der Waals surface area contributed by atoms with Gasteiger partial charge in [-0.25, -0.2) is 14.0 Å². The Morgan fingerprint density at radius 1 is 1.26 bits per heavy atom. The Morgan fingerprint density at radius 3 is 2.30 bits per heavy atom. The SMILES string of the molecule is Cc1cc(C(N)=S)c(C)c(C)c1-n1c(C(F)(F)F)nn(C)c1=O. The van der Waals surface area contributed by atoms with Crippen molar-refractivity contribution in [2.75, 3.05) is 0 Å². The molecule has 0 saturated heterocycles. The summed E-state index contributed by atoms with van der Waals surface area (Å²) in [5.41, 5.74) is 7.07. The van der Waals surface area contributed by atoms with Crippen LogP contribution in [0.5, 0.6) is 0 Å². The highest BCUT2D eigenvalue weighted by atomic mass is 32.1. The fourth-order valence-corrected chi connectivity index (χ4v) is 2.73. The minimum atomic E-state index is -4.75. The number of halogens is 3. The van der Waals surface area contributed by atoms with Gasteiger partial charge in [0.25, 0.3) is 0 Å². The molecule has 9 heteroatoms. The predicted octanol–water partition coefficient (Wildman–Crippen LogP) is 2.15. The van der Waals surface area contributed by atoms with Gasteiger partial charge in [-0.05, 0) is 43.5 Å². The first-order chi connectivity index (χ1) is 10.5. The first kappa shape index (κ1) is 17.2. The Bertz CT molecular complexity index is 864. The minimum absolute atomic E-state index is 0.146. The van der Waals surface area contributed by atoms with Crippen LogP contribution in [0.3, 0.4) is 0 Å². The van der Waals surface area contributed by atoms with E-state index >= 15 is 0 Å². The third kappa shape index (κ3) is 2.76. The molecule has 0 unspecified atom stereocenters. The second kappa shape index (κ2) is 5.48. The highest BCUT2D eigenvalue weighted by Crippen LogP contribution is 2.31. The molecule has 5 nitrogen and oxygen atoms in total. The molecule has 23 heavy (non-hydrogen) atoms. The zero-order valence-electron chi connectivity index (χ0n) is 12.9. The van der Waals surface area contributed by atoms with E-state index in [0.717, 1.165) is 0 Å². The Hall–Kier alpha value is -2.16. The van der Waals surface area contributed by atoms with E-state index in [1.807, 2.05) is 0 Å². The number of nitrogens with zero attached hydrogens (tertiary/aromatic N) is 3.